The van der Waals surface area contributed by atoms with Gasteiger partial charge in [0.05, 0.1) is 12.5 Å². The van der Waals surface area contributed by atoms with E-state index in [1.807, 2.05) is 7.05 Å². The second-order valence-electron chi connectivity index (χ2n) is 4.48. The van der Waals surface area contributed by atoms with Crippen LogP contribution in [0, 0.1) is 0 Å². The molecule has 1 fully saturated rings. The average Bonchev–Trinajstić information content (AvgIpc) is 2.90. The predicted molar refractivity (Wildman–Crippen MR) is 64.1 cm³/mol. The topological polar surface area (TPSA) is 69.3 Å². The van der Waals surface area contributed by atoms with E-state index in [0.717, 1.165) is 19.4 Å². The van der Waals surface area contributed by atoms with E-state index in [1.54, 1.807) is 7.05 Å². The van der Waals surface area contributed by atoms with Crippen LogP contribution in [0.25, 0.3) is 0 Å². The third-order valence-electron chi connectivity index (χ3n) is 3.30. The first kappa shape index (κ1) is 12.5. The van der Waals surface area contributed by atoms with E-state index in [9.17, 15) is 8.42 Å². The Hall–Kier alpha value is -0.920. The van der Waals surface area contributed by atoms with Gasteiger partial charge in [-0.3, -0.25) is 0 Å². The lowest BCUT2D eigenvalue weighted by Gasteiger charge is -2.24. The van der Waals surface area contributed by atoms with Crippen molar-refractivity contribution < 1.29 is 8.42 Å². The van der Waals surface area contributed by atoms with Crippen LogP contribution in [-0.4, -0.2) is 60.8 Å². The molecule has 1 aliphatic rings. The van der Waals surface area contributed by atoms with E-state index >= 15 is 0 Å². The zero-order chi connectivity index (χ0) is 12.5. The molecule has 1 N–H and O–H groups in total. The number of nitrogens with one attached hydrogen (secondary N) is 1. The van der Waals surface area contributed by atoms with E-state index in [-0.39, 0.29) is 5.03 Å². The van der Waals surface area contributed by atoms with E-state index in [2.05, 4.69) is 14.9 Å². The van der Waals surface area contributed by atoms with Gasteiger partial charge < -0.3 is 9.88 Å². The van der Waals surface area contributed by atoms with E-state index in [0.29, 0.717) is 12.6 Å². The average molecular weight is 258 g/mol. The van der Waals surface area contributed by atoms with Crippen molar-refractivity contribution in [2.24, 2.45) is 0 Å². The summed E-state index contributed by atoms with van der Waals surface area (Å²) in [5.74, 6) is 0. The largest absolute Gasteiger partial charge is 0.335 e. The molecule has 1 aromatic heterocycles. The van der Waals surface area contributed by atoms with E-state index in [1.165, 1.54) is 16.8 Å². The summed E-state index contributed by atoms with van der Waals surface area (Å²) in [6.07, 6.45) is 4.91. The highest BCUT2D eigenvalue weighted by atomic mass is 32.2. The Balaban J connectivity index is 2.07. The van der Waals surface area contributed by atoms with Gasteiger partial charge in [-0.1, -0.05) is 0 Å². The first-order chi connectivity index (χ1) is 8.01. The lowest BCUT2D eigenvalue weighted by atomic mass is 10.2. The highest BCUT2D eigenvalue weighted by Crippen LogP contribution is 2.18. The van der Waals surface area contributed by atoms with Gasteiger partial charge in [0.1, 0.15) is 0 Å². The fourth-order valence-electron chi connectivity index (χ4n) is 2.16. The standard InChI is InChI=1S/C10H18N4O2S/c1-13-5-3-4-9(13)7-14(2)17(15,16)10-6-11-8-12-10/h6,8-9H,3-5,7H2,1-2H3,(H,11,12). The van der Waals surface area contributed by atoms with Gasteiger partial charge in [0.25, 0.3) is 10.0 Å². The number of hydrogen-bond donors (Lipinski definition) is 1. The van der Waals surface area contributed by atoms with Crippen molar-refractivity contribution in [2.75, 3.05) is 27.2 Å². The van der Waals surface area contributed by atoms with Crippen LogP contribution in [0.15, 0.2) is 17.6 Å². The van der Waals surface area contributed by atoms with Gasteiger partial charge >= 0.3 is 0 Å². The SMILES string of the molecule is CN1CCCC1CN(C)S(=O)(=O)c1cnc[nH]1. The third kappa shape index (κ3) is 2.51. The highest BCUT2D eigenvalue weighted by Gasteiger charge is 2.28. The molecule has 0 bridgehead atoms. The first-order valence-electron chi connectivity index (χ1n) is 5.67. The smallest absolute Gasteiger partial charge is 0.259 e. The van der Waals surface area contributed by atoms with Crippen molar-refractivity contribution in [1.29, 1.82) is 0 Å². The van der Waals surface area contributed by atoms with Gasteiger partial charge in [-0.05, 0) is 26.4 Å². The minimum absolute atomic E-state index is 0.153. The van der Waals surface area contributed by atoms with Crippen molar-refractivity contribution in [1.82, 2.24) is 19.2 Å². The summed E-state index contributed by atoms with van der Waals surface area (Å²) in [6, 6.07) is 0.317. The van der Waals surface area contributed by atoms with Gasteiger partial charge in [0, 0.05) is 19.6 Å². The Morgan fingerprint density at radius 3 is 2.94 bits per heavy atom. The fraction of sp³-hybridized carbons (Fsp3) is 0.700. The Morgan fingerprint density at radius 1 is 1.65 bits per heavy atom. The molecule has 6 nitrogen and oxygen atoms in total. The molecule has 1 saturated heterocycles. The molecule has 7 heteroatoms. The molecule has 1 aliphatic heterocycles. The molecule has 17 heavy (non-hydrogen) atoms. The molecule has 0 saturated carbocycles. The lowest BCUT2D eigenvalue weighted by Crippen LogP contribution is -2.39. The number of aromatic amines is 1. The quantitative estimate of drug-likeness (QED) is 0.833. The third-order valence-corrected chi connectivity index (χ3v) is 5.05. The maximum atomic E-state index is 12.1. The molecule has 0 spiro atoms. The Bertz CT molecular complexity index is 457. The van der Waals surface area contributed by atoms with Crippen LogP contribution >= 0.6 is 0 Å². The van der Waals surface area contributed by atoms with Gasteiger partial charge in [-0.2, -0.15) is 4.31 Å². The number of rotatable bonds is 4. The van der Waals surface area contributed by atoms with Gasteiger partial charge in [-0.15, -0.1) is 0 Å². The number of sulfonamides is 1. The maximum absolute atomic E-state index is 12.1. The molecule has 1 atom stereocenters. The van der Waals surface area contributed by atoms with Crippen LogP contribution in [-0.2, 0) is 10.0 Å². The van der Waals surface area contributed by atoms with Crippen LogP contribution in [0.2, 0.25) is 0 Å². The minimum atomic E-state index is -3.42. The van der Waals surface area contributed by atoms with Crippen LogP contribution in [0.4, 0.5) is 0 Å². The number of hydrogen-bond acceptors (Lipinski definition) is 4. The first-order valence-corrected chi connectivity index (χ1v) is 7.11. The number of H-pyrrole nitrogens is 1. The molecule has 2 heterocycles. The lowest BCUT2D eigenvalue weighted by molar-refractivity contribution is 0.271. The van der Waals surface area contributed by atoms with Gasteiger partial charge in [-0.25, -0.2) is 13.4 Å². The molecule has 1 unspecified atom stereocenters. The molecule has 0 aliphatic carbocycles. The molecule has 1 aromatic rings. The molecule has 0 aromatic carbocycles. The second-order valence-corrected chi connectivity index (χ2v) is 6.49. The Morgan fingerprint density at radius 2 is 2.41 bits per heavy atom. The summed E-state index contributed by atoms with van der Waals surface area (Å²) in [4.78, 5) is 8.59. The minimum Gasteiger partial charge on any atom is -0.335 e. The summed E-state index contributed by atoms with van der Waals surface area (Å²) in [5, 5.41) is 0.153. The van der Waals surface area contributed by atoms with Crippen molar-refractivity contribution in [3.05, 3.63) is 12.5 Å². The number of nitrogens with zero attached hydrogens (tertiary/aromatic N) is 3. The van der Waals surface area contributed by atoms with Crippen molar-refractivity contribution in [3.8, 4) is 0 Å². The number of imidazole rings is 1. The van der Waals surface area contributed by atoms with E-state index in [4.69, 9.17) is 0 Å². The molecule has 96 valence electrons. The van der Waals surface area contributed by atoms with Crippen LogP contribution in [0.1, 0.15) is 12.8 Å². The molecule has 0 radical (unpaired) electrons. The zero-order valence-electron chi connectivity index (χ0n) is 10.1. The fourth-order valence-corrected chi connectivity index (χ4v) is 3.26. The Kier molecular flexibility index (Phi) is 3.50. The van der Waals surface area contributed by atoms with Crippen molar-refractivity contribution in [3.63, 3.8) is 0 Å². The molecule has 2 rings (SSSR count). The summed E-state index contributed by atoms with van der Waals surface area (Å²) in [6.45, 7) is 1.57. The Labute approximate surface area is 102 Å². The maximum Gasteiger partial charge on any atom is 0.259 e. The van der Waals surface area contributed by atoms with Crippen LogP contribution in [0.5, 0.6) is 0 Å². The second kappa shape index (κ2) is 4.75. The monoisotopic (exact) mass is 258 g/mol. The number of aromatic nitrogens is 2. The molecular weight excluding hydrogens is 240 g/mol. The van der Waals surface area contributed by atoms with Crippen molar-refractivity contribution in [2.45, 2.75) is 23.9 Å². The van der Waals surface area contributed by atoms with E-state index < -0.39 is 10.0 Å². The molecule has 0 amide bonds. The summed E-state index contributed by atoms with van der Waals surface area (Å²) < 4.78 is 25.6. The predicted octanol–water partition coefficient (Wildman–Crippen LogP) is 0.124. The zero-order valence-corrected chi connectivity index (χ0v) is 10.9. The van der Waals surface area contributed by atoms with Crippen LogP contribution < -0.4 is 0 Å². The number of likely N-dealkylation sites (tertiary alicyclic amines) is 1. The normalized spacial score (nSPS) is 22.4. The molecular formula is C10H18N4O2S. The highest BCUT2D eigenvalue weighted by molar-refractivity contribution is 7.89. The summed E-state index contributed by atoms with van der Waals surface area (Å²) in [5.41, 5.74) is 0. The number of likely N-dealkylation sites (N-methyl/N-ethyl adjacent to an activating group) is 2. The summed E-state index contributed by atoms with van der Waals surface area (Å²) >= 11 is 0. The summed E-state index contributed by atoms with van der Waals surface area (Å²) in [7, 11) is 0.232. The van der Waals surface area contributed by atoms with Gasteiger partial charge in [0.2, 0.25) is 0 Å². The van der Waals surface area contributed by atoms with Gasteiger partial charge in [0.15, 0.2) is 5.03 Å². The van der Waals surface area contributed by atoms with Crippen molar-refractivity contribution >= 4 is 10.0 Å². The van der Waals surface area contributed by atoms with Crippen LogP contribution in [0.3, 0.4) is 0 Å².